The molecule has 0 saturated heterocycles. The highest BCUT2D eigenvalue weighted by atomic mass is 79.9. The monoisotopic (exact) mass is 311 g/mol. The van der Waals surface area contributed by atoms with Crippen LogP contribution in [0.3, 0.4) is 0 Å². The van der Waals surface area contributed by atoms with Crippen molar-refractivity contribution in [3.05, 3.63) is 63.6 Å². The maximum atomic E-state index is 13.4. The van der Waals surface area contributed by atoms with Gasteiger partial charge in [-0.05, 0) is 36.2 Å². The van der Waals surface area contributed by atoms with E-state index in [1.807, 2.05) is 25.1 Å². The van der Waals surface area contributed by atoms with Crippen LogP contribution in [0.4, 0.5) is 14.5 Å². The van der Waals surface area contributed by atoms with Gasteiger partial charge < -0.3 is 5.32 Å². The standard InChI is InChI=1S/C14H12BrF2N/c1-9-5-6-10(11(15)7-9)8-18-14-12(16)3-2-4-13(14)17/h2-7,18H,8H2,1H3. The number of halogens is 3. The molecule has 0 aliphatic rings. The Balaban J connectivity index is 2.16. The fourth-order valence-corrected chi connectivity index (χ4v) is 2.28. The molecule has 94 valence electrons. The van der Waals surface area contributed by atoms with E-state index in [1.165, 1.54) is 18.2 Å². The average molecular weight is 312 g/mol. The topological polar surface area (TPSA) is 12.0 Å². The third-order valence-electron chi connectivity index (χ3n) is 2.63. The Labute approximate surface area is 113 Å². The molecule has 2 rings (SSSR count). The van der Waals surface area contributed by atoms with Crippen molar-refractivity contribution < 1.29 is 8.78 Å². The fraction of sp³-hybridized carbons (Fsp3) is 0.143. The predicted octanol–water partition coefficient (Wildman–Crippen LogP) is 4.65. The SMILES string of the molecule is Cc1ccc(CNc2c(F)cccc2F)c(Br)c1. The Morgan fingerprint density at radius 2 is 1.78 bits per heavy atom. The zero-order valence-electron chi connectivity index (χ0n) is 9.81. The Bertz CT molecular complexity index is 549. The van der Waals surface area contributed by atoms with Crippen molar-refractivity contribution in [1.82, 2.24) is 0 Å². The summed E-state index contributed by atoms with van der Waals surface area (Å²) in [6.45, 7) is 2.34. The highest BCUT2D eigenvalue weighted by Gasteiger charge is 2.08. The van der Waals surface area contributed by atoms with Gasteiger partial charge in [0.05, 0.1) is 0 Å². The van der Waals surface area contributed by atoms with Crippen molar-refractivity contribution in [3.63, 3.8) is 0 Å². The Morgan fingerprint density at radius 1 is 1.11 bits per heavy atom. The Morgan fingerprint density at radius 3 is 2.39 bits per heavy atom. The predicted molar refractivity (Wildman–Crippen MR) is 72.6 cm³/mol. The summed E-state index contributed by atoms with van der Waals surface area (Å²) in [4.78, 5) is 0. The van der Waals surface area contributed by atoms with Gasteiger partial charge in [0.2, 0.25) is 0 Å². The molecule has 1 nitrogen and oxygen atoms in total. The van der Waals surface area contributed by atoms with Gasteiger partial charge in [-0.1, -0.05) is 34.1 Å². The first-order valence-corrected chi connectivity index (χ1v) is 6.30. The molecular formula is C14H12BrF2N. The number of nitrogens with one attached hydrogen (secondary N) is 1. The summed E-state index contributed by atoms with van der Waals surface area (Å²) in [5, 5.41) is 2.78. The van der Waals surface area contributed by atoms with Gasteiger partial charge in [-0.3, -0.25) is 0 Å². The smallest absolute Gasteiger partial charge is 0.149 e. The van der Waals surface area contributed by atoms with Crippen LogP contribution in [-0.4, -0.2) is 0 Å². The maximum Gasteiger partial charge on any atom is 0.149 e. The number of rotatable bonds is 3. The van der Waals surface area contributed by atoms with Crippen molar-refractivity contribution >= 4 is 21.6 Å². The number of hydrogen-bond donors (Lipinski definition) is 1. The van der Waals surface area contributed by atoms with Crippen molar-refractivity contribution in [2.75, 3.05) is 5.32 Å². The molecule has 2 aromatic rings. The minimum Gasteiger partial charge on any atom is -0.376 e. The van der Waals surface area contributed by atoms with Crippen LogP contribution in [0, 0.1) is 18.6 Å². The normalized spacial score (nSPS) is 10.4. The second-order valence-electron chi connectivity index (χ2n) is 4.05. The third kappa shape index (κ3) is 2.88. The first-order valence-electron chi connectivity index (χ1n) is 5.51. The van der Waals surface area contributed by atoms with E-state index in [9.17, 15) is 8.78 Å². The quantitative estimate of drug-likeness (QED) is 0.870. The molecule has 0 aliphatic carbocycles. The van der Waals surface area contributed by atoms with Gasteiger partial charge >= 0.3 is 0 Å². The van der Waals surface area contributed by atoms with Gasteiger partial charge in [0.15, 0.2) is 0 Å². The van der Waals surface area contributed by atoms with Crippen LogP contribution in [0.2, 0.25) is 0 Å². The summed E-state index contributed by atoms with van der Waals surface area (Å²) in [5.74, 6) is -1.17. The average Bonchev–Trinajstić information content (AvgIpc) is 2.31. The lowest BCUT2D eigenvalue weighted by molar-refractivity contribution is 0.588. The number of anilines is 1. The van der Waals surface area contributed by atoms with Gasteiger partial charge in [0, 0.05) is 11.0 Å². The lowest BCUT2D eigenvalue weighted by Gasteiger charge is -2.10. The molecule has 1 N–H and O–H groups in total. The van der Waals surface area contributed by atoms with Crippen molar-refractivity contribution in [3.8, 4) is 0 Å². The molecular weight excluding hydrogens is 300 g/mol. The first-order chi connectivity index (χ1) is 8.58. The number of aryl methyl sites for hydroxylation is 1. The number of benzene rings is 2. The highest BCUT2D eigenvalue weighted by molar-refractivity contribution is 9.10. The molecule has 0 bridgehead atoms. The van der Waals surface area contributed by atoms with Gasteiger partial charge in [-0.25, -0.2) is 8.78 Å². The molecule has 0 radical (unpaired) electrons. The van der Waals surface area contributed by atoms with Crippen LogP contribution in [0.1, 0.15) is 11.1 Å². The van der Waals surface area contributed by atoms with E-state index in [0.717, 1.165) is 15.6 Å². The van der Waals surface area contributed by atoms with Crippen LogP contribution in [0.25, 0.3) is 0 Å². The Kier molecular flexibility index (Phi) is 3.97. The van der Waals surface area contributed by atoms with E-state index in [2.05, 4.69) is 21.2 Å². The summed E-state index contributed by atoms with van der Waals surface area (Å²) in [5.41, 5.74) is 1.98. The van der Waals surface area contributed by atoms with Crippen LogP contribution in [0.5, 0.6) is 0 Å². The fourth-order valence-electron chi connectivity index (χ4n) is 1.65. The van der Waals surface area contributed by atoms with Crippen molar-refractivity contribution in [1.29, 1.82) is 0 Å². The zero-order valence-corrected chi connectivity index (χ0v) is 11.4. The number of para-hydroxylation sites is 1. The minimum absolute atomic E-state index is 0.0926. The molecule has 0 spiro atoms. The van der Waals surface area contributed by atoms with Gasteiger partial charge in [0.1, 0.15) is 17.3 Å². The molecule has 0 amide bonds. The van der Waals surface area contributed by atoms with Crippen LogP contribution in [-0.2, 0) is 6.54 Å². The van der Waals surface area contributed by atoms with Crippen LogP contribution < -0.4 is 5.32 Å². The zero-order chi connectivity index (χ0) is 13.1. The summed E-state index contributed by atoms with van der Waals surface area (Å²) in [6.07, 6.45) is 0. The van der Waals surface area contributed by atoms with Crippen LogP contribution in [0.15, 0.2) is 40.9 Å². The Hall–Kier alpha value is -1.42. The summed E-state index contributed by atoms with van der Waals surface area (Å²) in [6, 6.07) is 9.65. The summed E-state index contributed by atoms with van der Waals surface area (Å²) in [7, 11) is 0. The maximum absolute atomic E-state index is 13.4. The lowest BCUT2D eigenvalue weighted by Crippen LogP contribution is -2.04. The van der Waals surface area contributed by atoms with Crippen molar-refractivity contribution in [2.45, 2.75) is 13.5 Å². The molecule has 0 saturated carbocycles. The highest BCUT2D eigenvalue weighted by Crippen LogP contribution is 2.22. The number of hydrogen-bond acceptors (Lipinski definition) is 1. The molecule has 18 heavy (non-hydrogen) atoms. The molecule has 0 heterocycles. The summed E-state index contributed by atoms with van der Waals surface area (Å²) < 4.78 is 27.7. The first kappa shape index (κ1) is 13.0. The second-order valence-corrected chi connectivity index (χ2v) is 4.90. The molecule has 4 heteroatoms. The van der Waals surface area contributed by atoms with Gasteiger partial charge in [0.25, 0.3) is 0 Å². The summed E-state index contributed by atoms with van der Waals surface area (Å²) >= 11 is 3.43. The molecule has 0 atom stereocenters. The van der Waals surface area contributed by atoms with E-state index in [0.29, 0.717) is 6.54 Å². The van der Waals surface area contributed by atoms with Gasteiger partial charge in [-0.15, -0.1) is 0 Å². The second kappa shape index (κ2) is 5.48. The molecule has 0 fully saturated rings. The largest absolute Gasteiger partial charge is 0.376 e. The molecule has 0 aliphatic heterocycles. The van der Waals surface area contributed by atoms with E-state index in [-0.39, 0.29) is 5.69 Å². The van der Waals surface area contributed by atoms with E-state index < -0.39 is 11.6 Å². The van der Waals surface area contributed by atoms with Crippen molar-refractivity contribution in [2.24, 2.45) is 0 Å². The molecule has 0 aromatic heterocycles. The van der Waals surface area contributed by atoms with E-state index in [4.69, 9.17) is 0 Å². The van der Waals surface area contributed by atoms with Gasteiger partial charge in [-0.2, -0.15) is 0 Å². The van der Waals surface area contributed by atoms with E-state index >= 15 is 0 Å². The lowest BCUT2D eigenvalue weighted by atomic mass is 10.1. The van der Waals surface area contributed by atoms with Crippen LogP contribution >= 0.6 is 15.9 Å². The molecule has 0 unspecified atom stereocenters. The third-order valence-corrected chi connectivity index (χ3v) is 3.37. The molecule has 2 aromatic carbocycles. The minimum atomic E-state index is -0.585. The van der Waals surface area contributed by atoms with E-state index in [1.54, 1.807) is 0 Å².